The first-order valence-corrected chi connectivity index (χ1v) is 12.7. The first-order valence-electron chi connectivity index (χ1n) is 12.3. The van der Waals surface area contributed by atoms with E-state index in [1.807, 2.05) is 67.6 Å². The van der Waals surface area contributed by atoms with Gasteiger partial charge >= 0.3 is 0 Å². The number of fused-ring (bicyclic) bond motifs is 1. The van der Waals surface area contributed by atoms with Gasteiger partial charge in [-0.25, -0.2) is 0 Å². The smallest absolute Gasteiger partial charge is 0.243 e. The van der Waals surface area contributed by atoms with Gasteiger partial charge in [0.15, 0.2) is 11.5 Å². The van der Waals surface area contributed by atoms with Gasteiger partial charge in [0, 0.05) is 31.0 Å². The number of nitrogens with one attached hydrogen (secondary N) is 1. The monoisotopic (exact) mass is 506 g/mol. The van der Waals surface area contributed by atoms with Crippen LogP contribution in [0.2, 0.25) is 5.02 Å². The Morgan fingerprint density at radius 1 is 0.944 bits per heavy atom. The van der Waals surface area contributed by atoms with Crippen molar-refractivity contribution in [3.8, 4) is 11.5 Å². The van der Waals surface area contributed by atoms with Crippen molar-refractivity contribution in [2.75, 3.05) is 13.3 Å². The summed E-state index contributed by atoms with van der Waals surface area (Å²) in [5.74, 6) is 1.17. The third-order valence-corrected chi connectivity index (χ3v) is 6.40. The van der Waals surface area contributed by atoms with Gasteiger partial charge in [0.2, 0.25) is 18.6 Å². The fourth-order valence-corrected chi connectivity index (χ4v) is 4.32. The second-order valence-corrected chi connectivity index (χ2v) is 9.27. The molecule has 188 valence electrons. The Labute approximate surface area is 217 Å². The molecule has 1 atom stereocenters. The number of carbonyl (C=O) groups is 2. The number of halogens is 1. The van der Waals surface area contributed by atoms with Crippen molar-refractivity contribution in [2.45, 2.75) is 45.2 Å². The molecule has 36 heavy (non-hydrogen) atoms. The minimum atomic E-state index is -0.640. The summed E-state index contributed by atoms with van der Waals surface area (Å²) < 4.78 is 10.9. The molecule has 0 spiro atoms. The van der Waals surface area contributed by atoms with Crippen molar-refractivity contribution in [2.24, 2.45) is 0 Å². The molecule has 0 unspecified atom stereocenters. The summed E-state index contributed by atoms with van der Waals surface area (Å²) in [6.07, 6.45) is 2.04. The van der Waals surface area contributed by atoms with E-state index in [1.165, 1.54) is 0 Å². The number of ether oxygens (including phenoxy) is 2. The van der Waals surface area contributed by atoms with Crippen LogP contribution in [0.25, 0.3) is 0 Å². The Morgan fingerprint density at radius 3 is 2.42 bits per heavy atom. The molecule has 1 N–H and O–H groups in total. The van der Waals surface area contributed by atoms with E-state index in [-0.39, 0.29) is 25.0 Å². The minimum absolute atomic E-state index is 0.0878. The summed E-state index contributed by atoms with van der Waals surface area (Å²) in [6, 6.07) is 22.3. The number of hydrogen-bond acceptors (Lipinski definition) is 4. The predicted molar refractivity (Wildman–Crippen MR) is 140 cm³/mol. The highest BCUT2D eigenvalue weighted by Crippen LogP contribution is 2.33. The number of amides is 2. The lowest BCUT2D eigenvalue weighted by molar-refractivity contribution is -0.141. The molecule has 1 aliphatic heterocycles. The maximum Gasteiger partial charge on any atom is 0.243 e. The molecule has 0 radical (unpaired) electrons. The van der Waals surface area contributed by atoms with Gasteiger partial charge in [-0.3, -0.25) is 9.59 Å². The Hall–Kier alpha value is -3.51. The van der Waals surface area contributed by atoms with Crippen molar-refractivity contribution in [1.29, 1.82) is 0 Å². The number of aryl methyl sites for hydroxylation is 1. The Bertz CT molecular complexity index is 1170. The third kappa shape index (κ3) is 6.79. The maximum absolute atomic E-state index is 13.7. The maximum atomic E-state index is 13.7. The lowest BCUT2D eigenvalue weighted by Crippen LogP contribution is -2.50. The van der Waals surface area contributed by atoms with Crippen LogP contribution in [-0.4, -0.2) is 36.1 Å². The number of nitrogens with zero attached hydrogens (tertiary/aromatic N) is 1. The molecule has 1 aliphatic rings. The molecule has 0 aromatic heterocycles. The normalized spacial score (nSPS) is 12.7. The van der Waals surface area contributed by atoms with E-state index in [9.17, 15) is 9.59 Å². The highest BCUT2D eigenvalue weighted by Gasteiger charge is 2.30. The van der Waals surface area contributed by atoms with Crippen LogP contribution in [0.4, 0.5) is 0 Å². The number of hydrogen-bond donors (Lipinski definition) is 1. The number of rotatable bonds is 11. The molecule has 7 heteroatoms. The van der Waals surface area contributed by atoms with Gasteiger partial charge in [-0.1, -0.05) is 67.1 Å². The van der Waals surface area contributed by atoms with Gasteiger partial charge in [0.1, 0.15) is 6.04 Å². The molecule has 0 bridgehead atoms. The topological polar surface area (TPSA) is 67.9 Å². The molecule has 0 fully saturated rings. The molecule has 1 heterocycles. The van der Waals surface area contributed by atoms with E-state index < -0.39 is 6.04 Å². The molecule has 3 aromatic rings. The summed E-state index contributed by atoms with van der Waals surface area (Å²) >= 11 is 6.08. The van der Waals surface area contributed by atoms with Crippen molar-refractivity contribution < 1.29 is 19.1 Å². The van der Waals surface area contributed by atoms with Gasteiger partial charge < -0.3 is 19.7 Å². The van der Waals surface area contributed by atoms with Crippen molar-refractivity contribution in [1.82, 2.24) is 10.2 Å². The van der Waals surface area contributed by atoms with Crippen LogP contribution >= 0.6 is 11.6 Å². The molecule has 0 saturated heterocycles. The van der Waals surface area contributed by atoms with E-state index in [0.717, 1.165) is 23.1 Å². The zero-order chi connectivity index (χ0) is 25.3. The second kappa shape index (κ2) is 12.5. The average Bonchev–Trinajstić information content (AvgIpc) is 3.37. The highest BCUT2D eigenvalue weighted by molar-refractivity contribution is 6.30. The average molecular weight is 507 g/mol. The standard InChI is InChI=1S/C29H31ClN2O4/c1-2-16-31-29(34)25(17-21-6-4-3-5-7-21)32(19-23-8-12-24(30)13-9-23)28(33)15-11-22-10-14-26-27(18-22)36-20-35-26/h3-10,12-14,18,25H,2,11,15-17,19-20H2,1H3,(H,31,34)/t25-/m1/s1. The second-order valence-electron chi connectivity index (χ2n) is 8.83. The van der Waals surface area contributed by atoms with Crippen molar-refractivity contribution in [3.63, 3.8) is 0 Å². The van der Waals surface area contributed by atoms with Crippen LogP contribution in [-0.2, 0) is 29.0 Å². The number of benzene rings is 3. The summed E-state index contributed by atoms with van der Waals surface area (Å²) in [7, 11) is 0. The third-order valence-electron chi connectivity index (χ3n) is 6.15. The molecule has 6 nitrogen and oxygen atoms in total. The predicted octanol–water partition coefficient (Wildman–Crippen LogP) is 5.17. The molecular weight excluding hydrogens is 476 g/mol. The summed E-state index contributed by atoms with van der Waals surface area (Å²) in [4.78, 5) is 28.7. The van der Waals surface area contributed by atoms with E-state index >= 15 is 0 Å². The fourth-order valence-electron chi connectivity index (χ4n) is 4.20. The molecule has 2 amide bonds. The molecular formula is C29H31ClN2O4. The minimum Gasteiger partial charge on any atom is -0.454 e. The zero-order valence-electron chi connectivity index (χ0n) is 20.4. The van der Waals surface area contributed by atoms with Crippen LogP contribution < -0.4 is 14.8 Å². The summed E-state index contributed by atoms with van der Waals surface area (Å²) in [5.41, 5.74) is 2.89. The van der Waals surface area contributed by atoms with E-state index in [2.05, 4.69) is 5.32 Å². The first-order chi connectivity index (χ1) is 17.5. The Kier molecular flexibility index (Phi) is 8.85. The Balaban J connectivity index is 1.57. The molecule has 0 saturated carbocycles. The van der Waals surface area contributed by atoms with Crippen LogP contribution in [0.1, 0.15) is 36.5 Å². The van der Waals surface area contributed by atoms with E-state index in [0.29, 0.717) is 42.5 Å². The lowest BCUT2D eigenvalue weighted by Gasteiger charge is -2.31. The molecule has 4 rings (SSSR count). The quantitative estimate of drug-likeness (QED) is 0.389. The first kappa shape index (κ1) is 25.6. The largest absolute Gasteiger partial charge is 0.454 e. The van der Waals surface area contributed by atoms with E-state index in [1.54, 1.807) is 17.0 Å². The zero-order valence-corrected chi connectivity index (χ0v) is 21.2. The van der Waals surface area contributed by atoms with Crippen LogP contribution in [0, 0.1) is 0 Å². The van der Waals surface area contributed by atoms with Crippen molar-refractivity contribution in [3.05, 3.63) is 94.5 Å². The van der Waals surface area contributed by atoms with Crippen LogP contribution in [0.5, 0.6) is 11.5 Å². The van der Waals surface area contributed by atoms with Gasteiger partial charge in [-0.05, 0) is 53.8 Å². The van der Waals surface area contributed by atoms with E-state index in [4.69, 9.17) is 21.1 Å². The van der Waals surface area contributed by atoms with Gasteiger partial charge in [-0.2, -0.15) is 0 Å². The van der Waals surface area contributed by atoms with Gasteiger partial charge in [0.25, 0.3) is 0 Å². The summed E-state index contributed by atoms with van der Waals surface area (Å²) in [5, 5.41) is 3.63. The van der Waals surface area contributed by atoms with Crippen LogP contribution in [0.15, 0.2) is 72.8 Å². The van der Waals surface area contributed by atoms with Crippen molar-refractivity contribution >= 4 is 23.4 Å². The summed E-state index contributed by atoms with van der Waals surface area (Å²) in [6.45, 7) is 3.09. The SMILES string of the molecule is CCCNC(=O)[C@@H](Cc1ccccc1)N(Cc1ccc(Cl)cc1)C(=O)CCc1ccc2c(c1)OCO2. The lowest BCUT2D eigenvalue weighted by atomic mass is 10.0. The number of carbonyl (C=O) groups excluding carboxylic acids is 2. The van der Waals surface area contributed by atoms with Gasteiger partial charge in [-0.15, -0.1) is 0 Å². The highest BCUT2D eigenvalue weighted by atomic mass is 35.5. The van der Waals surface area contributed by atoms with Crippen LogP contribution in [0.3, 0.4) is 0 Å². The Morgan fingerprint density at radius 2 is 1.67 bits per heavy atom. The van der Waals surface area contributed by atoms with Gasteiger partial charge in [0.05, 0.1) is 0 Å². The molecule has 3 aromatic carbocycles. The fraction of sp³-hybridized carbons (Fsp3) is 0.310. The molecule has 0 aliphatic carbocycles.